The number of benzene rings is 1. The molecule has 1 aromatic rings. The van der Waals surface area contributed by atoms with Crippen molar-refractivity contribution in [1.29, 1.82) is 0 Å². The Labute approximate surface area is 127 Å². The molecule has 0 saturated heterocycles. The molecule has 0 heterocycles. The number of aliphatic hydroxyl groups is 2. The number of nitrogens with two attached hydrogens (primary N) is 1. The van der Waals surface area contributed by atoms with Gasteiger partial charge in [-0.3, -0.25) is 9.36 Å². The van der Waals surface area contributed by atoms with Crippen LogP contribution in [-0.4, -0.2) is 51.6 Å². The molecule has 0 spiro atoms. The summed E-state index contributed by atoms with van der Waals surface area (Å²) >= 11 is 0. The lowest BCUT2D eigenvalue weighted by atomic mass is 10.2. The van der Waals surface area contributed by atoms with E-state index >= 15 is 0 Å². The first-order valence-corrected chi connectivity index (χ1v) is 8.51. The Balaban J connectivity index is 2.70. The fourth-order valence-electron chi connectivity index (χ4n) is 1.70. The summed E-state index contributed by atoms with van der Waals surface area (Å²) in [5.41, 5.74) is 5.49. The number of ether oxygens (including phenoxy) is 1. The molecule has 1 rings (SSSR count). The summed E-state index contributed by atoms with van der Waals surface area (Å²) < 4.78 is 17.2. The maximum absolute atomic E-state index is 12.1. The topological polar surface area (TPSA) is 150 Å². The van der Waals surface area contributed by atoms with Crippen molar-refractivity contribution < 1.29 is 34.3 Å². The summed E-state index contributed by atoms with van der Waals surface area (Å²) in [6.45, 7) is -0.0203. The van der Waals surface area contributed by atoms with Crippen LogP contribution in [-0.2, 0) is 9.36 Å². The third-order valence-corrected chi connectivity index (χ3v) is 4.96. The molecule has 8 nitrogen and oxygen atoms in total. The molecule has 0 bridgehead atoms. The van der Waals surface area contributed by atoms with Crippen LogP contribution in [0.25, 0.3) is 0 Å². The van der Waals surface area contributed by atoms with Crippen LogP contribution in [0.15, 0.2) is 24.3 Å². The Morgan fingerprint density at radius 2 is 1.91 bits per heavy atom. The van der Waals surface area contributed by atoms with Gasteiger partial charge >= 0.3 is 5.97 Å². The maximum Gasteiger partial charge on any atom is 0.320 e. The van der Waals surface area contributed by atoms with Crippen LogP contribution in [0.1, 0.15) is 17.8 Å². The third kappa shape index (κ3) is 5.40. The number of aliphatic hydroxyl groups excluding tert-OH is 2. The van der Waals surface area contributed by atoms with Gasteiger partial charge in [0.05, 0.1) is 6.61 Å². The number of carboxylic acid groups (broad SMARTS) is 1. The monoisotopic (exact) mass is 333 g/mol. The first-order chi connectivity index (χ1) is 10.3. The van der Waals surface area contributed by atoms with Gasteiger partial charge in [0.25, 0.3) is 0 Å². The zero-order chi connectivity index (χ0) is 16.8. The summed E-state index contributed by atoms with van der Waals surface area (Å²) in [6.07, 6.45) is -0.609. The smallest absolute Gasteiger partial charge is 0.320 e. The average molecular weight is 333 g/mol. The van der Waals surface area contributed by atoms with Crippen molar-refractivity contribution in [2.24, 2.45) is 5.73 Å². The van der Waals surface area contributed by atoms with E-state index in [1.165, 1.54) is 24.3 Å². The first-order valence-electron chi connectivity index (χ1n) is 6.59. The van der Waals surface area contributed by atoms with Gasteiger partial charge in [-0.1, -0.05) is 12.1 Å². The zero-order valence-electron chi connectivity index (χ0n) is 11.8. The quantitative estimate of drug-likeness (QED) is 0.400. The second-order valence-corrected chi connectivity index (χ2v) is 7.18. The van der Waals surface area contributed by atoms with Crippen LogP contribution in [0.3, 0.4) is 0 Å². The molecule has 0 aromatic heterocycles. The van der Waals surface area contributed by atoms with E-state index in [1.807, 2.05) is 0 Å². The predicted molar refractivity (Wildman–Crippen MR) is 78.9 cm³/mol. The molecule has 0 amide bonds. The Kier molecular flexibility index (Phi) is 6.99. The molecule has 1 aromatic carbocycles. The van der Waals surface area contributed by atoms with E-state index in [-0.39, 0.29) is 25.2 Å². The fraction of sp³-hybridized carbons (Fsp3) is 0.462. The standard InChI is InChI=1S/C13H20NO7P/c14-11(12(16)17)5-8-22(19,20)13(18)9-1-3-10(4-2-9)21-7-6-15/h1-4,11,13,15,18H,5-8,14H2,(H,16,17)(H,19,20)/t11-,13?/m1/s1. The highest BCUT2D eigenvalue weighted by atomic mass is 31.2. The molecule has 0 radical (unpaired) electrons. The van der Waals surface area contributed by atoms with Crippen molar-refractivity contribution in [2.45, 2.75) is 18.3 Å². The van der Waals surface area contributed by atoms with Crippen LogP contribution in [0.2, 0.25) is 0 Å². The van der Waals surface area contributed by atoms with Gasteiger partial charge < -0.3 is 30.7 Å². The van der Waals surface area contributed by atoms with Gasteiger partial charge in [0.1, 0.15) is 18.4 Å². The SMILES string of the molecule is N[C@H](CCP(=O)(O)C(O)c1ccc(OCCO)cc1)C(=O)O. The highest BCUT2D eigenvalue weighted by Gasteiger charge is 2.31. The Hall–Kier alpha value is -1.44. The highest BCUT2D eigenvalue weighted by Crippen LogP contribution is 2.54. The summed E-state index contributed by atoms with van der Waals surface area (Å²) in [5, 5.41) is 27.3. The van der Waals surface area contributed by atoms with Gasteiger partial charge in [-0.05, 0) is 24.1 Å². The van der Waals surface area contributed by atoms with E-state index in [2.05, 4.69) is 0 Å². The molecule has 0 aliphatic rings. The molecule has 9 heteroatoms. The molecule has 22 heavy (non-hydrogen) atoms. The molecule has 2 unspecified atom stereocenters. The van der Waals surface area contributed by atoms with E-state index in [1.54, 1.807) is 0 Å². The molecule has 6 N–H and O–H groups in total. The third-order valence-electron chi connectivity index (χ3n) is 3.00. The van der Waals surface area contributed by atoms with Crippen LogP contribution < -0.4 is 10.5 Å². The van der Waals surface area contributed by atoms with E-state index < -0.39 is 31.4 Å². The highest BCUT2D eigenvalue weighted by molar-refractivity contribution is 7.58. The minimum atomic E-state index is -4.00. The maximum atomic E-state index is 12.1. The van der Waals surface area contributed by atoms with E-state index in [9.17, 15) is 19.4 Å². The number of carboxylic acids is 1. The first kappa shape index (κ1) is 18.6. The second kappa shape index (κ2) is 8.26. The van der Waals surface area contributed by atoms with Crippen molar-refractivity contribution in [3.8, 4) is 5.75 Å². The zero-order valence-corrected chi connectivity index (χ0v) is 12.7. The van der Waals surface area contributed by atoms with E-state index in [0.29, 0.717) is 5.75 Å². The average Bonchev–Trinajstić information content (AvgIpc) is 2.50. The van der Waals surface area contributed by atoms with Gasteiger partial charge in [0.15, 0.2) is 5.85 Å². The second-order valence-electron chi connectivity index (χ2n) is 4.73. The Morgan fingerprint density at radius 3 is 2.41 bits per heavy atom. The summed E-state index contributed by atoms with van der Waals surface area (Å²) in [4.78, 5) is 20.5. The lowest BCUT2D eigenvalue weighted by molar-refractivity contribution is -0.138. The number of carbonyl (C=O) groups is 1. The molecule has 3 atom stereocenters. The molecule has 0 aliphatic heterocycles. The molecule has 0 fully saturated rings. The minimum Gasteiger partial charge on any atom is -0.491 e. The molecule has 124 valence electrons. The van der Waals surface area contributed by atoms with Crippen LogP contribution in [0, 0.1) is 0 Å². The number of rotatable bonds is 9. The van der Waals surface area contributed by atoms with Crippen molar-refractivity contribution >= 4 is 13.3 Å². The number of aliphatic carboxylic acids is 1. The van der Waals surface area contributed by atoms with Crippen LogP contribution in [0.5, 0.6) is 5.75 Å². The Morgan fingerprint density at radius 1 is 1.32 bits per heavy atom. The van der Waals surface area contributed by atoms with Gasteiger partial charge in [-0.2, -0.15) is 0 Å². The van der Waals surface area contributed by atoms with E-state index in [4.69, 9.17) is 20.7 Å². The lowest BCUT2D eigenvalue weighted by Crippen LogP contribution is -2.31. The van der Waals surface area contributed by atoms with Crippen molar-refractivity contribution in [3.05, 3.63) is 29.8 Å². The molecule has 0 aliphatic carbocycles. The van der Waals surface area contributed by atoms with Crippen molar-refractivity contribution in [3.63, 3.8) is 0 Å². The molecular formula is C13H20NO7P. The van der Waals surface area contributed by atoms with Crippen molar-refractivity contribution in [2.75, 3.05) is 19.4 Å². The molecular weight excluding hydrogens is 313 g/mol. The predicted octanol–water partition coefficient (Wildman–Crippen LogP) is 0.121. The fourth-order valence-corrected chi connectivity index (χ4v) is 3.23. The minimum absolute atomic E-state index is 0.119. The van der Waals surface area contributed by atoms with Gasteiger partial charge in [-0.15, -0.1) is 0 Å². The summed E-state index contributed by atoms with van der Waals surface area (Å²) in [5.74, 6) is -2.44. The van der Waals surface area contributed by atoms with E-state index in [0.717, 1.165) is 0 Å². The number of hydrogen-bond donors (Lipinski definition) is 5. The summed E-state index contributed by atoms with van der Waals surface area (Å²) in [6, 6.07) is 4.60. The van der Waals surface area contributed by atoms with Crippen LogP contribution in [0.4, 0.5) is 0 Å². The Bertz CT molecular complexity index is 534. The van der Waals surface area contributed by atoms with Gasteiger partial charge in [0, 0.05) is 6.16 Å². The molecule has 0 saturated carbocycles. The van der Waals surface area contributed by atoms with Crippen molar-refractivity contribution in [1.82, 2.24) is 0 Å². The van der Waals surface area contributed by atoms with Gasteiger partial charge in [-0.25, -0.2) is 0 Å². The van der Waals surface area contributed by atoms with Gasteiger partial charge in [0.2, 0.25) is 7.37 Å². The lowest BCUT2D eigenvalue weighted by Gasteiger charge is -2.19. The van der Waals surface area contributed by atoms with Crippen LogP contribution >= 0.6 is 7.37 Å². The number of hydrogen-bond acceptors (Lipinski definition) is 6. The normalized spacial score (nSPS) is 16.5. The largest absolute Gasteiger partial charge is 0.491 e. The summed E-state index contributed by atoms with van der Waals surface area (Å²) in [7, 11) is -4.00.